The summed E-state index contributed by atoms with van der Waals surface area (Å²) < 4.78 is 0. The van der Waals surface area contributed by atoms with Crippen molar-refractivity contribution in [3.63, 3.8) is 0 Å². The normalized spacial score (nSPS) is 14.4. The molecule has 20 heavy (non-hydrogen) atoms. The second kappa shape index (κ2) is 5.94. The van der Waals surface area contributed by atoms with E-state index in [9.17, 15) is 4.79 Å². The number of aromatic nitrogens is 1. The molecule has 0 unspecified atom stereocenters. The number of nitrogens with zero attached hydrogens (tertiary/aromatic N) is 1. The van der Waals surface area contributed by atoms with Crippen molar-refractivity contribution in [1.29, 1.82) is 0 Å². The molecule has 1 aromatic carbocycles. The van der Waals surface area contributed by atoms with Gasteiger partial charge in [-0.25, -0.2) is 4.98 Å². The van der Waals surface area contributed by atoms with E-state index in [1.165, 1.54) is 29.8 Å². The van der Waals surface area contributed by atoms with Gasteiger partial charge in [0.1, 0.15) is 0 Å². The van der Waals surface area contributed by atoms with Gasteiger partial charge in [-0.3, -0.25) is 10.1 Å². The van der Waals surface area contributed by atoms with Crippen LogP contribution in [0.25, 0.3) is 0 Å². The maximum atomic E-state index is 12.1. The number of aryl methyl sites for hydroxylation is 2. The SMILES string of the molecule is O=C(Nc1nc2c(s1)CCCCC2)c1ccc(Cl)cc1. The van der Waals surface area contributed by atoms with Crippen LogP contribution < -0.4 is 5.32 Å². The van der Waals surface area contributed by atoms with Gasteiger partial charge < -0.3 is 0 Å². The highest BCUT2D eigenvalue weighted by atomic mass is 35.5. The number of fused-ring (bicyclic) bond motifs is 1. The van der Waals surface area contributed by atoms with Crippen LogP contribution in [0.5, 0.6) is 0 Å². The minimum Gasteiger partial charge on any atom is -0.298 e. The third-order valence-electron chi connectivity index (χ3n) is 3.42. The molecule has 2 aromatic rings. The highest BCUT2D eigenvalue weighted by molar-refractivity contribution is 7.15. The van der Waals surface area contributed by atoms with E-state index in [1.54, 1.807) is 35.6 Å². The van der Waals surface area contributed by atoms with E-state index < -0.39 is 0 Å². The standard InChI is InChI=1S/C15H15ClN2OS/c16-11-8-6-10(7-9-11)14(19)18-15-17-12-4-2-1-3-5-13(12)20-15/h6-9H,1-5H2,(H,17,18,19). The van der Waals surface area contributed by atoms with Crippen molar-refractivity contribution in [2.24, 2.45) is 0 Å². The molecule has 1 heterocycles. The molecular weight excluding hydrogens is 292 g/mol. The molecule has 1 amide bonds. The van der Waals surface area contributed by atoms with Crippen LogP contribution in [0, 0.1) is 0 Å². The molecule has 0 spiro atoms. The first-order valence-corrected chi connectivity index (χ1v) is 7.97. The van der Waals surface area contributed by atoms with Crippen molar-refractivity contribution in [3.05, 3.63) is 45.4 Å². The summed E-state index contributed by atoms with van der Waals surface area (Å²) in [6.07, 6.45) is 5.81. The second-order valence-corrected chi connectivity index (χ2v) is 6.43. The number of thiazole rings is 1. The van der Waals surface area contributed by atoms with Gasteiger partial charge in [-0.15, -0.1) is 11.3 Å². The average Bonchev–Trinajstić information content (AvgIpc) is 2.68. The van der Waals surface area contributed by atoms with Gasteiger partial charge in [0.25, 0.3) is 5.91 Å². The summed E-state index contributed by atoms with van der Waals surface area (Å²) in [5, 5.41) is 4.21. The van der Waals surface area contributed by atoms with E-state index in [1.807, 2.05) is 0 Å². The monoisotopic (exact) mass is 306 g/mol. The van der Waals surface area contributed by atoms with E-state index in [0.29, 0.717) is 15.7 Å². The zero-order valence-corrected chi connectivity index (χ0v) is 12.6. The maximum absolute atomic E-state index is 12.1. The van der Waals surface area contributed by atoms with Crippen molar-refractivity contribution in [2.45, 2.75) is 32.1 Å². The topological polar surface area (TPSA) is 42.0 Å². The number of nitrogens with one attached hydrogen (secondary N) is 1. The summed E-state index contributed by atoms with van der Waals surface area (Å²) in [5.41, 5.74) is 1.76. The Morgan fingerprint density at radius 1 is 1.15 bits per heavy atom. The van der Waals surface area contributed by atoms with Gasteiger partial charge in [-0.05, 0) is 49.9 Å². The van der Waals surface area contributed by atoms with Gasteiger partial charge in [0, 0.05) is 15.5 Å². The molecule has 5 heteroatoms. The van der Waals surface area contributed by atoms with E-state index in [0.717, 1.165) is 12.8 Å². The lowest BCUT2D eigenvalue weighted by atomic mass is 10.2. The molecule has 0 fully saturated rings. The molecule has 1 aliphatic carbocycles. The number of amides is 1. The zero-order valence-electron chi connectivity index (χ0n) is 11.0. The maximum Gasteiger partial charge on any atom is 0.257 e. The summed E-state index contributed by atoms with van der Waals surface area (Å²) in [6, 6.07) is 6.87. The van der Waals surface area contributed by atoms with E-state index in [4.69, 9.17) is 11.6 Å². The highest BCUT2D eigenvalue weighted by Crippen LogP contribution is 2.29. The highest BCUT2D eigenvalue weighted by Gasteiger charge is 2.15. The van der Waals surface area contributed by atoms with Crippen molar-refractivity contribution in [3.8, 4) is 0 Å². The summed E-state index contributed by atoms with van der Waals surface area (Å²) >= 11 is 7.42. The lowest BCUT2D eigenvalue weighted by Crippen LogP contribution is -2.11. The smallest absolute Gasteiger partial charge is 0.257 e. The Balaban J connectivity index is 1.74. The lowest BCUT2D eigenvalue weighted by Gasteiger charge is -2.01. The largest absolute Gasteiger partial charge is 0.298 e. The number of halogens is 1. The van der Waals surface area contributed by atoms with Crippen LogP contribution in [0.3, 0.4) is 0 Å². The number of carbonyl (C=O) groups is 1. The van der Waals surface area contributed by atoms with Gasteiger partial charge in [0.2, 0.25) is 0 Å². The molecule has 1 aliphatic rings. The third-order valence-corrected chi connectivity index (χ3v) is 4.75. The number of benzene rings is 1. The Labute approximate surface area is 127 Å². The number of hydrogen-bond acceptors (Lipinski definition) is 3. The summed E-state index contributed by atoms with van der Waals surface area (Å²) in [5.74, 6) is -0.134. The Morgan fingerprint density at radius 2 is 1.90 bits per heavy atom. The first-order chi connectivity index (χ1) is 9.72. The van der Waals surface area contributed by atoms with Gasteiger partial charge >= 0.3 is 0 Å². The molecule has 1 aromatic heterocycles. The number of anilines is 1. The van der Waals surface area contributed by atoms with Crippen LogP contribution in [0.4, 0.5) is 5.13 Å². The number of carbonyl (C=O) groups excluding carboxylic acids is 1. The molecular formula is C15H15ClN2OS. The lowest BCUT2D eigenvalue weighted by molar-refractivity contribution is 0.102. The minimum absolute atomic E-state index is 0.134. The molecule has 3 nitrogen and oxygen atoms in total. The predicted molar refractivity (Wildman–Crippen MR) is 82.8 cm³/mol. The quantitative estimate of drug-likeness (QED) is 0.840. The Kier molecular flexibility index (Phi) is 4.03. The summed E-state index contributed by atoms with van der Waals surface area (Å²) in [6.45, 7) is 0. The first kappa shape index (κ1) is 13.6. The molecule has 0 saturated carbocycles. The summed E-state index contributed by atoms with van der Waals surface area (Å²) in [7, 11) is 0. The molecule has 1 N–H and O–H groups in total. The van der Waals surface area contributed by atoms with Crippen molar-refractivity contribution in [2.75, 3.05) is 5.32 Å². The van der Waals surface area contributed by atoms with Crippen LogP contribution >= 0.6 is 22.9 Å². The molecule has 0 saturated heterocycles. The van der Waals surface area contributed by atoms with Crippen LogP contribution in [0.2, 0.25) is 5.02 Å². The first-order valence-electron chi connectivity index (χ1n) is 6.78. The predicted octanol–water partition coefficient (Wildman–Crippen LogP) is 4.32. The Morgan fingerprint density at radius 3 is 2.70 bits per heavy atom. The van der Waals surface area contributed by atoms with Crippen LogP contribution in [0.15, 0.2) is 24.3 Å². The van der Waals surface area contributed by atoms with Crippen molar-refractivity contribution >= 4 is 34.0 Å². The van der Waals surface area contributed by atoms with E-state index in [2.05, 4.69) is 10.3 Å². The third kappa shape index (κ3) is 3.02. The van der Waals surface area contributed by atoms with Crippen LogP contribution in [0.1, 0.15) is 40.2 Å². The molecule has 104 valence electrons. The Hall–Kier alpha value is -1.39. The van der Waals surface area contributed by atoms with Gasteiger partial charge in [-0.1, -0.05) is 18.0 Å². The molecule has 0 radical (unpaired) electrons. The fraction of sp³-hybridized carbons (Fsp3) is 0.333. The molecule has 0 aliphatic heterocycles. The fourth-order valence-corrected chi connectivity index (χ4v) is 3.52. The minimum atomic E-state index is -0.134. The van der Waals surface area contributed by atoms with E-state index >= 15 is 0 Å². The molecule has 3 rings (SSSR count). The second-order valence-electron chi connectivity index (χ2n) is 4.91. The molecule has 0 bridgehead atoms. The zero-order chi connectivity index (χ0) is 13.9. The van der Waals surface area contributed by atoms with Gasteiger partial charge in [0.05, 0.1) is 5.69 Å². The van der Waals surface area contributed by atoms with Crippen molar-refractivity contribution < 1.29 is 4.79 Å². The van der Waals surface area contributed by atoms with Crippen LogP contribution in [-0.2, 0) is 12.8 Å². The number of rotatable bonds is 2. The Bertz CT molecular complexity index is 598. The number of hydrogen-bond donors (Lipinski definition) is 1. The molecule has 0 atom stereocenters. The van der Waals surface area contributed by atoms with Crippen molar-refractivity contribution in [1.82, 2.24) is 4.98 Å². The van der Waals surface area contributed by atoms with Gasteiger partial charge in [0.15, 0.2) is 5.13 Å². The van der Waals surface area contributed by atoms with Gasteiger partial charge in [-0.2, -0.15) is 0 Å². The van der Waals surface area contributed by atoms with Crippen LogP contribution in [-0.4, -0.2) is 10.9 Å². The fourth-order valence-electron chi connectivity index (χ4n) is 2.35. The van der Waals surface area contributed by atoms with E-state index in [-0.39, 0.29) is 5.91 Å². The average molecular weight is 307 g/mol. The summed E-state index contributed by atoms with van der Waals surface area (Å²) in [4.78, 5) is 18.0.